The summed E-state index contributed by atoms with van der Waals surface area (Å²) in [7, 11) is 0. The summed E-state index contributed by atoms with van der Waals surface area (Å²) >= 11 is 0. The highest BCUT2D eigenvalue weighted by molar-refractivity contribution is 5.97. The molecule has 0 radical (unpaired) electrons. The largest absolute Gasteiger partial charge is 0.454 e. The number of hydrogen-bond acceptors (Lipinski definition) is 4. The van der Waals surface area contributed by atoms with Crippen molar-refractivity contribution in [3.8, 4) is 11.5 Å². The molecule has 1 N–H and O–H groups in total. The van der Waals surface area contributed by atoms with Gasteiger partial charge in [-0.1, -0.05) is 17.2 Å². The van der Waals surface area contributed by atoms with E-state index in [2.05, 4.69) is 5.32 Å². The van der Waals surface area contributed by atoms with E-state index in [1.165, 1.54) is 0 Å². The minimum atomic E-state index is -0.101. The third-order valence-electron chi connectivity index (χ3n) is 4.91. The Kier molecular flexibility index (Phi) is 4.48. The first-order valence-electron chi connectivity index (χ1n) is 9.06. The molecule has 6 heteroatoms. The van der Waals surface area contributed by atoms with Gasteiger partial charge >= 0.3 is 0 Å². The highest BCUT2D eigenvalue weighted by Gasteiger charge is 2.31. The normalized spacial score (nSPS) is 18.1. The molecule has 1 atom stereocenters. The van der Waals surface area contributed by atoms with Gasteiger partial charge in [-0.25, -0.2) is 0 Å². The van der Waals surface area contributed by atoms with Crippen molar-refractivity contribution in [2.45, 2.75) is 20.3 Å². The van der Waals surface area contributed by atoms with Crippen molar-refractivity contribution in [2.24, 2.45) is 5.92 Å². The monoisotopic (exact) mass is 366 g/mol. The summed E-state index contributed by atoms with van der Waals surface area (Å²) in [6, 6.07) is 11.3. The van der Waals surface area contributed by atoms with Crippen LogP contribution in [0.2, 0.25) is 0 Å². The molecule has 6 nitrogen and oxygen atoms in total. The van der Waals surface area contributed by atoms with E-state index in [0.717, 1.165) is 16.8 Å². The molecular weight excluding hydrogens is 344 g/mol. The summed E-state index contributed by atoms with van der Waals surface area (Å²) in [5, 5.41) is 2.97. The van der Waals surface area contributed by atoms with Crippen molar-refractivity contribution in [3.63, 3.8) is 0 Å². The maximum Gasteiger partial charge on any atom is 0.251 e. The Hall–Kier alpha value is -3.02. The van der Waals surface area contributed by atoms with Crippen molar-refractivity contribution in [3.05, 3.63) is 53.1 Å². The molecule has 2 aromatic carbocycles. The predicted octanol–water partition coefficient (Wildman–Crippen LogP) is 2.82. The second-order valence-electron chi connectivity index (χ2n) is 7.20. The van der Waals surface area contributed by atoms with Gasteiger partial charge in [0.25, 0.3) is 5.91 Å². The van der Waals surface area contributed by atoms with Gasteiger partial charge in [0.05, 0.1) is 0 Å². The summed E-state index contributed by atoms with van der Waals surface area (Å²) in [6.07, 6.45) is 0.418. The van der Waals surface area contributed by atoms with Crippen LogP contribution in [0.1, 0.15) is 27.9 Å². The molecule has 0 bridgehead atoms. The minimum Gasteiger partial charge on any atom is -0.454 e. The van der Waals surface area contributed by atoms with Crippen molar-refractivity contribution >= 4 is 17.5 Å². The first-order valence-corrected chi connectivity index (χ1v) is 9.06. The fourth-order valence-corrected chi connectivity index (χ4v) is 3.67. The van der Waals surface area contributed by atoms with Crippen LogP contribution in [-0.2, 0) is 4.79 Å². The molecule has 27 heavy (non-hydrogen) atoms. The van der Waals surface area contributed by atoms with Crippen LogP contribution in [0.3, 0.4) is 0 Å². The van der Waals surface area contributed by atoms with E-state index in [-0.39, 0.29) is 24.5 Å². The minimum absolute atomic E-state index is 0.0551. The number of carbonyl (C=O) groups is 2. The van der Waals surface area contributed by atoms with Crippen LogP contribution in [0.15, 0.2) is 36.4 Å². The number of carbonyl (C=O) groups excluding carboxylic acids is 2. The van der Waals surface area contributed by atoms with E-state index in [9.17, 15) is 9.59 Å². The Morgan fingerprint density at radius 3 is 2.63 bits per heavy atom. The Balaban J connectivity index is 1.38. The van der Waals surface area contributed by atoms with E-state index < -0.39 is 0 Å². The third kappa shape index (κ3) is 3.60. The summed E-state index contributed by atoms with van der Waals surface area (Å²) in [6.45, 7) is 5.20. The molecule has 2 aliphatic rings. The van der Waals surface area contributed by atoms with E-state index in [1.54, 1.807) is 4.90 Å². The quantitative estimate of drug-likeness (QED) is 0.904. The fraction of sp³-hybridized carbons (Fsp3) is 0.333. The lowest BCUT2D eigenvalue weighted by Crippen LogP contribution is -2.31. The van der Waals surface area contributed by atoms with Gasteiger partial charge in [0, 0.05) is 42.7 Å². The lowest BCUT2D eigenvalue weighted by molar-refractivity contribution is -0.117. The first kappa shape index (κ1) is 17.4. The number of nitrogens with zero attached hydrogens (tertiary/aromatic N) is 1. The first-order chi connectivity index (χ1) is 13.0. The number of fused-ring (bicyclic) bond motifs is 1. The molecule has 0 saturated carbocycles. The van der Waals surface area contributed by atoms with Crippen molar-refractivity contribution in [1.29, 1.82) is 0 Å². The van der Waals surface area contributed by atoms with Gasteiger partial charge in [-0.15, -0.1) is 0 Å². The smallest absolute Gasteiger partial charge is 0.251 e. The van der Waals surface area contributed by atoms with Crippen LogP contribution in [0.5, 0.6) is 11.5 Å². The highest BCUT2D eigenvalue weighted by atomic mass is 16.7. The van der Waals surface area contributed by atoms with Crippen molar-refractivity contribution < 1.29 is 19.1 Å². The number of amides is 2. The fourth-order valence-electron chi connectivity index (χ4n) is 3.67. The van der Waals surface area contributed by atoms with Crippen LogP contribution in [0, 0.1) is 19.8 Å². The molecule has 2 heterocycles. The molecule has 0 aliphatic carbocycles. The van der Waals surface area contributed by atoms with Crippen LogP contribution in [-0.4, -0.2) is 31.7 Å². The average molecular weight is 366 g/mol. The molecule has 2 aromatic rings. The second kappa shape index (κ2) is 6.95. The van der Waals surface area contributed by atoms with E-state index in [0.29, 0.717) is 36.6 Å². The zero-order valence-corrected chi connectivity index (χ0v) is 15.5. The van der Waals surface area contributed by atoms with Gasteiger partial charge in [0.1, 0.15) is 0 Å². The highest BCUT2D eigenvalue weighted by Crippen LogP contribution is 2.37. The number of hydrogen-bond donors (Lipinski definition) is 1. The van der Waals surface area contributed by atoms with Gasteiger partial charge in [0.2, 0.25) is 12.7 Å². The Labute approximate surface area is 158 Å². The van der Waals surface area contributed by atoms with Crippen molar-refractivity contribution in [2.75, 3.05) is 24.8 Å². The summed E-state index contributed by atoms with van der Waals surface area (Å²) in [5.74, 6) is 1.39. The lowest BCUT2D eigenvalue weighted by atomic mass is 10.1. The zero-order chi connectivity index (χ0) is 19.0. The van der Waals surface area contributed by atoms with Gasteiger partial charge < -0.3 is 19.7 Å². The number of rotatable bonds is 4. The van der Waals surface area contributed by atoms with Crippen LogP contribution < -0.4 is 19.7 Å². The summed E-state index contributed by atoms with van der Waals surface area (Å²) in [4.78, 5) is 26.6. The molecule has 0 spiro atoms. The molecular formula is C21H22N2O4. The number of ether oxygens (including phenoxy) is 2. The number of aryl methyl sites for hydroxylation is 2. The molecule has 1 saturated heterocycles. The van der Waals surface area contributed by atoms with E-state index >= 15 is 0 Å². The Morgan fingerprint density at radius 2 is 1.85 bits per heavy atom. The lowest BCUT2D eigenvalue weighted by Gasteiger charge is -2.17. The van der Waals surface area contributed by atoms with Crippen LogP contribution >= 0.6 is 0 Å². The van der Waals surface area contributed by atoms with Gasteiger partial charge in [-0.05, 0) is 38.1 Å². The summed E-state index contributed by atoms with van der Waals surface area (Å²) < 4.78 is 10.7. The van der Waals surface area contributed by atoms with Gasteiger partial charge in [0.15, 0.2) is 11.5 Å². The second-order valence-corrected chi connectivity index (χ2v) is 7.20. The summed E-state index contributed by atoms with van der Waals surface area (Å²) in [5.41, 5.74) is 3.58. The third-order valence-corrected chi connectivity index (χ3v) is 4.91. The van der Waals surface area contributed by atoms with Crippen LogP contribution in [0.4, 0.5) is 5.69 Å². The molecule has 0 aromatic heterocycles. The Bertz CT molecular complexity index is 889. The van der Waals surface area contributed by atoms with Gasteiger partial charge in [-0.3, -0.25) is 9.59 Å². The number of anilines is 1. The number of nitrogens with one attached hydrogen (secondary N) is 1. The SMILES string of the molecule is Cc1cc(C)cc(C(=O)NCC2CC(=O)N(c3ccc4c(c3)OCO4)C2)c1. The molecule has 2 amide bonds. The molecule has 1 unspecified atom stereocenters. The topological polar surface area (TPSA) is 67.9 Å². The number of benzene rings is 2. The van der Waals surface area contributed by atoms with Gasteiger partial charge in [-0.2, -0.15) is 0 Å². The Morgan fingerprint density at radius 1 is 1.11 bits per heavy atom. The van der Waals surface area contributed by atoms with Crippen molar-refractivity contribution in [1.82, 2.24) is 5.32 Å². The zero-order valence-electron chi connectivity index (χ0n) is 15.5. The van der Waals surface area contributed by atoms with E-state index in [4.69, 9.17) is 9.47 Å². The molecule has 2 aliphatic heterocycles. The maximum absolute atomic E-state index is 12.4. The molecule has 140 valence electrons. The average Bonchev–Trinajstić information content (AvgIpc) is 3.24. The molecule has 1 fully saturated rings. The van der Waals surface area contributed by atoms with E-state index in [1.807, 2.05) is 50.2 Å². The standard InChI is InChI=1S/C21H22N2O4/c1-13-5-14(2)7-16(6-13)21(25)22-10-15-8-20(24)23(11-15)17-3-4-18-19(9-17)27-12-26-18/h3-7,9,15H,8,10-12H2,1-2H3,(H,22,25). The maximum atomic E-state index is 12.4. The van der Waals surface area contributed by atoms with Crippen LogP contribution in [0.25, 0.3) is 0 Å². The predicted molar refractivity (Wildman–Crippen MR) is 101 cm³/mol. The molecule has 4 rings (SSSR count).